The van der Waals surface area contributed by atoms with Gasteiger partial charge in [-0.2, -0.15) is 0 Å². The van der Waals surface area contributed by atoms with E-state index in [0.29, 0.717) is 30.3 Å². The fourth-order valence-electron chi connectivity index (χ4n) is 3.70. The van der Waals surface area contributed by atoms with E-state index < -0.39 is 0 Å². The molecule has 1 fully saturated rings. The Morgan fingerprint density at radius 2 is 1.79 bits per heavy atom. The highest BCUT2D eigenvalue weighted by atomic mass is 16.1. The number of carbonyl (C=O) groups excluding carboxylic acids is 1. The van der Waals surface area contributed by atoms with E-state index in [9.17, 15) is 9.59 Å². The lowest BCUT2D eigenvalue weighted by Gasteiger charge is -2.21. The van der Waals surface area contributed by atoms with Crippen LogP contribution in [0.3, 0.4) is 0 Å². The average molecular weight is 376 g/mol. The summed E-state index contributed by atoms with van der Waals surface area (Å²) in [6.45, 7) is 2.54. The van der Waals surface area contributed by atoms with Crippen LogP contribution in [0.4, 0.5) is 11.4 Å². The summed E-state index contributed by atoms with van der Waals surface area (Å²) < 4.78 is 1.58. The van der Waals surface area contributed by atoms with Crippen LogP contribution in [0.5, 0.6) is 0 Å². The van der Waals surface area contributed by atoms with E-state index in [0.717, 1.165) is 24.5 Å². The van der Waals surface area contributed by atoms with E-state index in [1.165, 1.54) is 12.8 Å². The number of hydrogen-bond acceptors (Lipinski definition) is 4. The zero-order valence-electron chi connectivity index (χ0n) is 15.8. The SMILES string of the molecule is O=C(CCCn1cnc2ccccc2c1=O)Nc1ccccc1N1CCCC1. The fraction of sp³-hybridized carbons (Fsp3) is 0.318. The third-order valence-electron chi connectivity index (χ3n) is 5.16. The fourth-order valence-corrected chi connectivity index (χ4v) is 3.70. The largest absolute Gasteiger partial charge is 0.370 e. The maximum atomic E-state index is 12.5. The smallest absolute Gasteiger partial charge is 0.261 e. The van der Waals surface area contributed by atoms with E-state index in [2.05, 4.69) is 21.3 Å². The number of aryl methyl sites for hydroxylation is 1. The highest BCUT2D eigenvalue weighted by Crippen LogP contribution is 2.28. The molecule has 1 N–H and O–H groups in total. The molecule has 2 heterocycles. The third-order valence-corrected chi connectivity index (χ3v) is 5.16. The summed E-state index contributed by atoms with van der Waals surface area (Å²) in [5.41, 5.74) is 2.58. The number of aromatic nitrogens is 2. The van der Waals surface area contributed by atoms with Gasteiger partial charge in [0.2, 0.25) is 5.91 Å². The minimum absolute atomic E-state index is 0.0338. The Balaban J connectivity index is 1.37. The van der Waals surface area contributed by atoms with Crippen LogP contribution in [0.2, 0.25) is 0 Å². The zero-order valence-corrected chi connectivity index (χ0v) is 15.8. The second kappa shape index (κ2) is 8.25. The van der Waals surface area contributed by atoms with E-state index in [1.54, 1.807) is 17.0 Å². The normalized spacial score (nSPS) is 13.8. The molecule has 0 unspecified atom stereocenters. The lowest BCUT2D eigenvalue weighted by molar-refractivity contribution is -0.116. The van der Waals surface area contributed by atoms with Crippen molar-refractivity contribution in [2.45, 2.75) is 32.2 Å². The Kier molecular flexibility index (Phi) is 5.37. The molecule has 0 aliphatic carbocycles. The predicted molar refractivity (Wildman–Crippen MR) is 112 cm³/mol. The molecule has 0 atom stereocenters. The van der Waals surface area contributed by atoms with Gasteiger partial charge in [0.1, 0.15) is 0 Å². The first-order chi connectivity index (χ1) is 13.7. The van der Waals surface area contributed by atoms with Crippen molar-refractivity contribution in [1.29, 1.82) is 0 Å². The van der Waals surface area contributed by atoms with Crippen LogP contribution in [0.1, 0.15) is 25.7 Å². The molecule has 1 saturated heterocycles. The lowest BCUT2D eigenvalue weighted by Crippen LogP contribution is -2.22. The molecule has 1 aromatic heterocycles. The Labute approximate surface area is 163 Å². The highest BCUT2D eigenvalue weighted by molar-refractivity contribution is 5.94. The van der Waals surface area contributed by atoms with Crippen molar-refractivity contribution in [2.24, 2.45) is 0 Å². The van der Waals surface area contributed by atoms with Crippen LogP contribution in [-0.4, -0.2) is 28.5 Å². The first-order valence-corrected chi connectivity index (χ1v) is 9.80. The molecule has 4 rings (SSSR count). The predicted octanol–water partition coefficient (Wildman–Crippen LogP) is 3.42. The van der Waals surface area contributed by atoms with Crippen molar-refractivity contribution in [1.82, 2.24) is 9.55 Å². The molecule has 0 spiro atoms. The van der Waals surface area contributed by atoms with Gasteiger partial charge in [0.05, 0.1) is 28.6 Å². The number of anilines is 2. The van der Waals surface area contributed by atoms with Crippen molar-refractivity contribution in [3.63, 3.8) is 0 Å². The molecule has 1 amide bonds. The molecule has 0 saturated carbocycles. The average Bonchev–Trinajstić information content (AvgIpc) is 3.25. The minimum atomic E-state index is -0.0645. The molecule has 1 aliphatic heterocycles. The number of carbonyl (C=O) groups is 1. The van der Waals surface area contributed by atoms with Crippen LogP contribution in [0.25, 0.3) is 10.9 Å². The molecular weight excluding hydrogens is 352 g/mol. The lowest BCUT2D eigenvalue weighted by atomic mass is 10.2. The van der Waals surface area contributed by atoms with Gasteiger partial charge in [-0.15, -0.1) is 0 Å². The summed E-state index contributed by atoms with van der Waals surface area (Å²) in [5.74, 6) is -0.0338. The Hall–Kier alpha value is -3.15. The molecule has 6 nitrogen and oxygen atoms in total. The summed E-state index contributed by atoms with van der Waals surface area (Å²) in [4.78, 5) is 31.6. The number of fused-ring (bicyclic) bond motifs is 1. The Morgan fingerprint density at radius 1 is 1.04 bits per heavy atom. The maximum Gasteiger partial charge on any atom is 0.261 e. The molecule has 2 aromatic carbocycles. The second-order valence-corrected chi connectivity index (χ2v) is 7.12. The second-order valence-electron chi connectivity index (χ2n) is 7.12. The number of para-hydroxylation sites is 3. The van der Waals surface area contributed by atoms with Crippen molar-refractivity contribution in [3.8, 4) is 0 Å². The summed E-state index contributed by atoms with van der Waals surface area (Å²) in [6.07, 6.45) is 4.88. The zero-order chi connectivity index (χ0) is 19.3. The van der Waals surface area contributed by atoms with Crippen molar-refractivity contribution >= 4 is 28.2 Å². The highest BCUT2D eigenvalue weighted by Gasteiger charge is 2.16. The molecular formula is C22H24N4O2. The minimum Gasteiger partial charge on any atom is -0.370 e. The number of amides is 1. The molecule has 0 radical (unpaired) electrons. The molecule has 0 bridgehead atoms. The van der Waals surface area contributed by atoms with E-state index in [-0.39, 0.29) is 11.5 Å². The first kappa shape index (κ1) is 18.2. The Bertz CT molecular complexity index is 1040. The summed E-state index contributed by atoms with van der Waals surface area (Å²) in [5, 5.41) is 3.64. The topological polar surface area (TPSA) is 67.2 Å². The monoisotopic (exact) mass is 376 g/mol. The standard InChI is InChI=1S/C22H24N4O2/c27-21(24-19-10-3-4-11-20(19)25-13-5-6-14-25)12-7-15-26-16-23-18-9-2-1-8-17(18)22(26)28/h1-4,8-11,16H,5-7,12-15H2,(H,24,27). The molecule has 1 aliphatic rings. The van der Waals surface area contributed by atoms with Crippen molar-refractivity contribution < 1.29 is 4.79 Å². The van der Waals surface area contributed by atoms with E-state index in [4.69, 9.17) is 0 Å². The number of rotatable bonds is 6. The number of nitrogens with one attached hydrogen (secondary N) is 1. The van der Waals surface area contributed by atoms with Gasteiger partial charge in [0.15, 0.2) is 0 Å². The molecule has 144 valence electrons. The number of nitrogens with zero attached hydrogens (tertiary/aromatic N) is 3. The summed E-state index contributed by atoms with van der Waals surface area (Å²) in [6, 6.07) is 15.3. The molecule has 3 aromatic rings. The van der Waals surface area contributed by atoms with Gasteiger partial charge in [-0.05, 0) is 43.5 Å². The van der Waals surface area contributed by atoms with Gasteiger partial charge in [-0.1, -0.05) is 24.3 Å². The van der Waals surface area contributed by atoms with Crippen molar-refractivity contribution in [3.05, 3.63) is 65.2 Å². The summed E-state index contributed by atoms with van der Waals surface area (Å²) >= 11 is 0. The van der Waals surface area contributed by atoms with E-state index in [1.807, 2.05) is 36.4 Å². The van der Waals surface area contributed by atoms with Gasteiger partial charge in [-0.25, -0.2) is 4.98 Å². The van der Waals surface area contributed by atoms with Crippen molar-refractivity contribution in [2.75, 3.05) is 23.3 Å². The quantitative estimate of drug-likeness (QED) is 0.716. The maximum absolute atomic E-state index is 12.5. The number of hydrogen-bond donors (Lipinski definition) is 1. The summed E-state index contributed by atoms with van der Waals surface area (Å²) in [7, 11) is 0. The third kappa shape index (κ3) is 3.91. The van der Waals surface area contributed by atoms with Gasteiger partial charge in [0.25, 0.3) is 5.56 Å². The molecule has 28 heavy (non-hydrogen) atoms. The number of benzene rings is 2. The van der Waals surface area contributed by atoms with Gasteiger partial charge in [0, 0.05) is 26.1 Å². The van der Waals surface area contributed by atoms with Crippen LogP contribution in [0.15, 0.2) is 59.7 Å². The molecule has 6 heteroatoms. The van der Waals surface area contributed by atoms with Crippen LogP contribution >= 0.6 is 0 Å². The van der Waals surface area contributed by atoms with Gasteiger partial charge in [-0.3, -0.25) is 14.2 Å². The van der Waals surface area contributed by atoms with Gasteiger partial charge < -0.3 is 10.2 Å². The van der Waals surface area contributed by atoms with E-state index >= 15 is 0 Å². The Morgan fingerprint density at radius 3 is 2.64 bits per heavy atom. The van der Waals surface area contributed by atoms with Crippen LogP contribution < -0.4 is 15.8 Å². The van der Waals surface area contributed by atoms with Crippen LogP contribution in [0, 0.1) is 0 Å². The van der Waals surface area contributed by atoms with Crippen LogP contribution in [-0.2, 0) is 11.3 Å². The first-order valence-electron chi connectivity index (χ1n) is 9.80. The van der Waals surface area contributed by atoms with Gasteiger partial charge >= 0.3 is 0 Å².